The molecule has 0 aliphatic rings. The zero-order chi connectivity index (χ0) is 23.8. The summed E-state index contributed by atoms with van der Waals surface area (Å²) in [4.78, 5) is -0.425. The highest BCUT2D eigenvalue weighted by Crippen LogP contribution is 2.48. The second-order valence-corrected chi connectivity index (χ2v) is 10.1. The van der Waals surface area contributed by atoms with Gasteiger partial charge in [0.25, 0.3) is 10.1 Å². The van der Waals surface area contributed by atoms with Crippen LogP contribution >= 0.6 is 58.0 Å². The summed E-state index contributed by atoms with van der Waals surface area (Å²) in [5, 5.41) is 1.02. The largest absolute Gasteiger partial charge is 0.495 e. The molecule has 0 heterocycles. The van der Waals surface area contributed by atoms with Crippen LogP contribution in [-0.2, 0) is 10.1 Å². The fourth-order valence-electron chi connectivity index (χ4n) is 3.49. The lowest BCUT2D eigenvalue weighted by atomic mass is 9.84. The molecular formula is C21H15Cl5O5S. The van der Waals surface area contributed by atoms with Gasteiger partial charge in [-0.2, -0.15) is 8.42 Å². The molecule has 0 aliphatic carbocycles. The van der Waals surface area contributed by atoms with E-state index >= 15 is 0 Å². The van der Waals surface area contributed by atoms with Gasteiger partial charge in [0.2, 0.25) is 0 Å². The fraction of sp³-hybridized carbons (Fsp3) is 0.143. The van der Waals surface area contributed by atoms with Crippen molar-refractivity contribution in [3.05, 3.63) is 84.3 Å². The second-order valence-electron chi connectivity index (χ2n) is 6.61. The minimum absolute atomic E-state index is 0.104. The van der Waals surface area contributed by atoms with Crippen LogP contribution in [0.1, 0.15) is 22.6 Å². The van der Waals surface area contributed by atoms with Gasteiger partial charge in [-0.3, -0.25) is 4.55 Å². The molecule has 32 heavy (non-hydrogen) atoms. The molecule has 0 bridgehead atoms. The van der Waals surface area contributed by atoms with Crippen LogP contribution in [0.15, 0.2) is 47.4 Å². The van der Waals surface area contributed by atoms with Crippen LogP contribution in [0.5, 0.6) is 11.5 Å². The molecule has 0 unspecified atom stereocenters. The Labute approximate surface area is 210 Å². The fourth-order valence-corrected chi connectivity index (χ4v) is 5.66. The molecule has 0 radical (unpaired) electrons. The number of rotatable bonds is 6. The minimum Gasteiger partial charge on any atom is -0.495 e. The van der Waals surface area contributed by atoms with Crippen LogP contribution in [0.4, 0.5) is 0 Å². The van der Waals surface area contributed by atoms with Crippen molar-refractivity contribution < 1.29 is 22.4 Å². The predicted octanol–water partition coefficient (Wildman–Crippen LogP) is 7.40. The maximum absolute atomic E-state index is 12.3. The third kappa shape index (κ3) is 5.07. The Hall–Kier alpha value is -1.38. The second kappa shape index (κ2) is 9.85. The smallest absolute Gasteiger partial charge is 0.294 e. The maximum Gasteiger partial charge on any atom is 0.294 e. The Balaban J connectivity index is 2.53. The monoisotopic (exact) mass is 554 g/mol. The molecule has 0 saturated carbocycles. The van der Waals surface area contributed by atoms with Crippen molar-refractivity contribution in [2.75, 3.05) is 14.2 Å². The number of hydrogen-bond acceptors (Lipinski definition) is 4. The summed E-state index contributed by atoms with van der Waals surface area (Å²) in [5.41, 5.74) is 0.910. The summed E-state index contributed by atoms with van der Waals surface area (Å²) >= 11 is 31.3. The van der Waals surface area contributed by atoms with E-state index in [1.54, 1.807) is 12.1 Å². The molecule has 0 aliphatic heterocycles. The van der Waals surface area contributed by atoms with Crippen molar-refractivity contribution in [1.82, 2.24) is 0 Å². The van der Waals surface area contributed by atoms with E-state index in [9.17, 15) is 13.0 Å². The third-order valence-electron chi connectivity index (χ3n) is 4.67. The number of halogens is 5. The van der Waals surface area contributed by atoms with Crippen molar-refractivity contribution in [2.45, 2.75) is 10.8 Å². The van der Waals surface area contributed by atoms with Gasteiger partial charge in [0.15, 0.2) is 0 Å². The molecule has 1 N–H and O–H groups in total. The molecule has 0 atom stereocenters. The van der Waals surface area contributed by atoms with Crippen LogP contribution in [0.25, 0.3) is 0 Å². The van der Waals surface area contributed by atoms with Crippen molar-refractivity contribution in [3.63, 3.8) is 0 Å². The Kier molecular flexibility index (Phi) is 7.77. The molecule has 3 rings (SSSR count). The maximum atomic E-state index is 12.3. The zero-order valence-corrected chi connectivity index (χ0v) is 21.1. The highest BCUT2D eigenvalue weighted by Gasteiger charge is 2.31. The normalized spacial score (nSPS) is 11.7. The van der Waals surface area contributed by atoms with Gasteiger partial charge >= 0.3 is 0 Å². The average molecular weight is 557 g/mol. The summed E-state index contributed by atoms with van der Waals surface area (Å²) in [5.74, 6) is -0.479. The summed E-state index contributed by atoms with van der Waals surface area (Å²) in [7, 11) is -1.88. The van der Waals surface area contributed by atoms with Crippen molar-refractivity contribution in [2.24, 2.45) is 0 Å². The van der Waals surface area contributed by atoms with Crippen molar-refractivity contribution >= 4 is 68.1 Å². The van der Waals surface area contributed by atoms with Gasteiger partial charge < -0.3 is 9.47 Å². The van der Waals surface area contributed by atoms with Crippen LogP contribution in [0.3, 0.4) is 0 Å². The van der Waals surface area contributed by atoms with Crippen molar-refractivity contribution in [3.8, 4) is 11.5 Å². The van der Waals surface area contributed by atoms with Gasteiger partial charge in [-0.25, -0.2) is 0 Å². The van der Waals surface area contributed by atoms with Crippen LogP contribution in [-0.4, -0.2) is 27.2 Å². The van der Waals surface area contributed by atoms with Gasteiger partial charge in [0, 0.05) is 32.1 Å². The van der Waals surface area contributed by atoms with Crippen LogP contribution < -0.4 is 9.47 Å². The predicted molar refractivity (Wildman–Crippen MR) is 128 cm³/mol. The summed E-state index contributed by atoms with van der Waals surface area (Å²) in [6.45, 7) is 0. The Morgan fingerprint density at radius 3 is 1.59 bits per heavy atom. The van der Waals surface area contributed by atoms with Gasteiger partial charge in [-0.15, -0.1) is 0 Å². The molecule has 0 saturated heterocycles. The van der Waals surface area contributed by atoms with Gasteiger partial charge in [0.1, 0.15) is 11.5 Å². The highest BCUT2D eigenvalue weighted by molar-refractivity contribution is 7.85. The first-order valence-corrected chi connectivity index (χ1v) is 12.1. The molecule has 170 valence electrons. The molecule has 11 heteroatoms. The minimum atomic E-state index is -4.69. The topological polar surface area (TPSA) is 72.8 Å². The molecule has 0 fully saturated rings. The summed E-state index contributed by atoms with van der Waals surface area (Å²) in [6.07, 6.45) is 0. The molecule has 0 amide bonds. The van der Waals surface area contributed by atoms with Crippen LogP contribution in [0, 0.1) is 0 Å². The SMILES string of the molecule is COc1c(Cl)cc(Cl)cc1C(c1ccc(Cl)cc1S(=O)(=O)O)c1cc(Cl)cc(Cl)c1OC. The summed E-state index contributed by atoms with van der Waals surface area (Å²) in [6, 6.07) is 10.2. The quantitative estimate of drug-likeness (QED) is 0.253. The lowest BCUT2D eigenvalue weighted by Gasteiger charge is -2.26. The average Bonchev–Trinajstić information content (AvgIpc) is 2.68. The third-order valence-corrected chi connectivity index (χ3v) is 6.81. The number of benzene rings is 3. The van der Waals surface area contributed by atoms with E-state index in [0.29, 0.717) is 11.1 Å². The molecule has 3 aromatic rings. The van der Waals surface area contributed by atoms with Gasteiger partial charge in [-0.05, 0) is 42.0 Å². The first-order chi connectivity index (χ1) is 15.0. The van der Waals surface area contributed by atoms with E-state index in [0.717, 1.165) is 6.07 Å². The van der Waals surface area contributed by atoms with Gasteiger partial charge in [-0.1, -0.05) is 64.1 Å². The van der Waals surface area contributed by atoms with E-state index in [4.69, 9.17) is 67.5 Å². The first kappa shape index (κ1) is 25.2. The first-order valence-electron chi connectivity index (χ1n) is 8.80. The van der Waals surface area contributed by atoms with E-state index in [2.05, 4.69) is 0 Å². The highest BCUT2D eigenvalue weighted by atomic mass is 35.5. The zero-order valence-electron chi connectivity index (χ0n) is 16.5. The Morgan fingerprint density at radius 1 is 0.719 bits per heavy atom. The standard InChI is InChI=1S/C21H15Cl5O5S/c1-30-20-14(5-11(23)7-16(20)25)19(15-6-12(24)8-17(26)21(15)31-2)13-4-3-10(22)9-18(13)32(27,28)29/h3-9,19H,1-2H3,(H,27,28,29). The molecule has 3 aromatic carbocycles. The lowest BCUT2D eigenvalue weighted by molar-refractivity contribution is 0.402. The molecule has 0 aromatic heterocycles. The van der Waals surface area contributed by atoms with E-state index in [1.165, 1.54) is 38.5 Å². The van der Waals surface area contributed by atoms with E-state index in [1.807, 2.05) is 0 Å². The van der Waals surface area contributed by atoms with Crippen LogP contribution in [0.2, 0.25) is 25.1 Å². The van der Waals surface area contributed by atoms with Gasteiger partial charge in [0.05, 0.1) is 29.2 Å². The Morgan fingerprint density at radius 2 is 1.19 bits per heavy atom. The Bertz CT molecular complexity index is 1230. The van der Waals surface area contributed by atoms with E-state index in [-0.39, 0.29) is 42.2 Å². The molecular weight excluding hydrogens is 542 g/mol. The molecule has 5 nitrogen and oxygen atoms in total. The lowest BCUT2D eigenvalue weighted by Crippen LogP contribution is -2.13. The molecule has 0 spiro atoms. The van der Waals surface area contributed by atoms with E-state index < -0.39 is 20.9 Å². The van der Waals surface area contributed by atoms with Crippen molar-refractivity contribution in [1.29, 1.82) is 0 Å². The number of ether oxygens (including phenoxy) is 2. The summed E-state index contributed by atoms with van der Waals surface area (Å²) < 4.78 is 45.5. The number of hydrogen-bond donors (Lipinski definition) is 1. The number of methoxy groups -OCH3 is 2.